The van der Waals surface area contributed by atoms with Crippen molar-refractivity contribution in [2.45, 2.75) is 13.0 Å². The average Bonchev–Trinajstić information content (AvgIpc) is 3.26. The van der Waals surface area contributed by atoms with Gasteiger partial charge in [0.15, 0.2) is 29.1 Å². The van der Waals surface area contributed by atoms with Crippen LogP contribution in [0.25, 0.3) is 0 Å². The lowest BCUT2D eigenvalue weighted by Gasteiger charge is -2.26. The van der Waals surface area contributed by atoms with Gasteiger partial charge in [-0.3, -0.25) is 4.79 Å². The van der Waals surface area contributed by atoms with Gasteiger partial charge in [0.25, 0.3) is 5.91 Å². The highest BCUT2D eigenvalue weighted by Crippen LogP contribution is 2.40. The number of anilines is 1. The Morgan fingerprint density at radius 3 is 2.58 bits per heavy atom. The molecule has 0 aliphatic carbocycles. The molecule has 0 bridgehead atoms. The summed E-state index contributed by atoms with van der Waals surface area (Å²) in [5.41, 5.74) is 1.20. The second kappa shape index (κ2) is 9.83. The minimum absolute atomic E-state index is 0.196. The molecular weight excluding hydrogens is 446 g/mol. The van der Waals surface area contributed by atoms with Gasteiger partial charge in [0, 0.05) is 16.5 Å². The minimum Gasteiger partial charge on any atom is -0.493 e. The van der Waals surface area contributed by atoms with Crippen LogP contribution in [0, 0.1) is 0 Å². The Morgan fingerprint density at radius 2 is 1.85 bits per heavy atom. The number of thiophene rings is 1. The van der Waals surface area contributed by atoms with E-state index in [2.05, 4.69) is 5.32 Å². The van der Waals surface area contributed by atoms with Crippen LogP contribution in [-0.4, -0.2) is 39.3 Å². The molecule has 9 heteroatoms. The molecule has 4 rings (SSSR count). The molecule has 0 saturated carbocycles. The third-order valence-electron chi connectivity index (χ3n) is 5.03. The molecule has 1 N–H and O–H groups in total. The Balaban J connectivity index is 1.63. The van der Waals surface area contributed by atoms with Crippen LogP contribution in [0.15, 0.2) is 47.8 Å². The molecule has 0 fully saturated rings. The Bertz CT molecular complexity index is 1170. The summed E-state index contributed by atoms with van der Waals surface area (Å²) in [4.78, 5) is 25.8. The largest absolute Gasteiger partial charge is 0.493 e. The van der Waals surface area contributed by atoms with Gasteiger partial charge in [-0.25, -0.2) is 4.79 Å². The zero-order valence-corrected chi connectivity index (χ0v) is 19.2. The Labute approximate surface area is 195 Å². The lowest BCUT2D eigenvalue weighted by atomic mass is 10.1. The molecule has 1 aromatic heterocycles. The van der Waals surface area contributed by atoms with E-state index in [1.807, 2.05) is 18.2 Å². The van der Waals surface area contributed by atoms with E-state index >= 15 is 0 Å². The minimum atomic E-state index is -0.543. The van der Waals surface area contributed by atoms with Crippen LogP contribution in [0.5, 0.6) is 23.0 Å². The molecule has 0 radical (unpaired) electrons. The molecule has 172 valence electrons. The molecule has 33 heavy (non-hydrogen) atoms. The third-order valence-corrected chi connectivity index (χ3v) is 5.94. The van der Waals surface area contributed by atoms with Crippen molar-refractivity contribution in [2.75, 3.05) is 32.8 Å². The second-order valence-electron chi connectivity index (χ2n) is 7.00. The summed E-state index contributed by atoms with van der Waals surface area (Å²) in [6, 6.07) is 12.2. The first-order valence-corrected chi connectivity index (χ1v) is 11.1. The number of carbonyl (C=O) groups is 2. The zero-order valence-electron chi connectivity index (χ0n) is 18.4. The van der Waals surface area contributed by atoms with E-state index in [4.69, 9.17) is 23.7 Å². The number of para-hydroxylation sites is 2. The molecule has 0 saturated heterocycles. The van der Waals surface area contributed by atoms with Crippen molar-refractivity contribution in [2.24, 2.45) is 0 Å². The molecule has 1 aliphatic rings. The summed E-state index contributed by atoms with van der Waals surface area (Å²) in [6.07, 6.45) is -0.526. The fraction of sp³-hybridized carbons (Fsp3) is 0.250. The van der Waals surface area contributed by atoms with Gasteiger partial charge >= 0.3 is 5.97 Å². The van der Waals surface area contributed by atoms with Gasteiger partial charge in [-0.1, -0.05) is 12.1 Å². The van der Waals surface area contributed by atoms with Crippen molar-refractivity contribution < 1.29 is 33.3 Å². The third kappa shape index (κ3) is 4.58. The highest BCUT2D eigenvalue weighted by atomic mass is 32.1. The van der Waals surface area contributed by atoms with Crippen LogP contribution < -0.4 is 24.3 Å². The highest BCUT2D eigenvalue weighted by molar-refractivity contribution is 7.15. The molecule has 3 aromatic rings. The predicted molar refractivity (Wildman–Crippen MR) is 123 cm³/mol. The topological polar surface area (TPSA) is 92.3 Å². The molecule has 1 unspecified atom stereocenters. The van der Waals surface area contributed by atoms with Gasteiger partial charge in [0.1, 0.15) is 17.2 Å². The maximum absolute atomic E-state index is 13.0. The highest BCUT2D eigenvalue weighted by Gasteiger charge is 2.31. The number of amides is 1. The summed E-state index contributed by atoms with van der Waals surface area (Å²) >= 11 is 1.22. The predicted octanol–water partition coefficient (Wildman–Crippen LogP) is 4.71. The van der Waals surface area contributed by atoms with Crippen molar-refractivity contribution >= 4 is 28.2 Å². The number of nitrogens with one attached hydrogen (secondary N) is 1. The number of esters is 1. The standard InChI is InChI=1S/C24H23NO7S/c1-4-30-24(27)21-15(20-12-31-17-7-5-6-8-18(17)32-20)13-33-23(21)25-22(26)14-9-10-16(28-2)19(11-14)29-3/h5-11,13,20H,4,12H2,1-3H3,(H,25,26). The van der Waals surface area contributed by atoms with Crippen molar-refractivity contribution in [3.05, 3.63) is 64.5 Å². The number of rotatable bonds is 7. The van der Waals surface area contributed by atoms with Crippen molar-refractivity contribution in [1.29, 1.82) is 0 Å². The molecule has 2 aromatic carbocycles. The van der Waals surface area contributed by atoms with Gasteiger partial charge in [-0.05, 0) is 37.3 Å². The average molecular weight is 470 g/mol. The van der Waals surface area contributed by atoms with Crippen LogP contribution in [0.2, 0.25) is 0 Å². The first-order valence-electron chi connectivity index (χ1n) is 10.3. The Morgan fingerprint density at radius 1 is 1.09 bits per heavy atom. The Kier molecular flexibility index (Phi) is 6.69. The molecule has 2 heterocycles. The fourth-order valence-electron chi connectivity index (χ4n) is 3.44. The molecule has 1 atom stereocenters. The fourth-order valence-corrected chi connectivity index (χ4v) is 4.42. The number of ether oxygens (including phenoxy) is 5. The number of hydrogen-bond acceptors (Lipinski definition) is 8. The summed E-state index contributed by atoms with van der Waals surface area (Å²) in [6.45, 7) is 2.15. The smallest absolute Gasteiger partial charge is 0.341 e. The first kappa shape index (κ1) is 22.5. The van der Waals surface area contributed by atoms with Crippen LogP contribution in [0.3, 0.4) is 0 Å². The number of methoxy groups -OCH3 is 2. The van der Waals surface area contributed by atoms with Gasteiger partial charge < -0.3 is 29.0 Å². The normalized spacial score (nSPS) is 14.3. The number of carbonyl (C=O) groups excluding carboxylic acids is 2. The Hall–Kier alpha value is -3.72. The van der Waals surface area contributed by atoms with Crippen LogP contribution in [0.4, 0.5) is 5.00 Å². The number of benzene rings is 2. The van der Waals surface area contributed by atoms with Crippen LogP contribution >= 0.6 is 11.3 Å². The molecule has 8 nitrogen and oxygen atoms in total. The van der Waals surface area contributed by atoms with E-state index in [-0.39, 0.29) is 18.8 Å². The second-order valence-corrected chi connectivity index (χ2v) is 7.88. The molecule has 0 spiro atoms. The van der Waals surface area contributed by atoms with E-state index in [0.29, 0.717) is 39.1 Å². The van der Waals surface area contributed by atoms with Gasteiger partial charge in [0.2, 0.25) is 0 Å². The maximum Gasteiger partial charge on any atom is 0.341 e. The van der Waals surface area contributed by atoms with E-state index in [0.717, 1.165) is 0 Å². The number of fused-ring (bicyclic) bond motifs is 1. The first-order chi connectivity index (χ1) is 16.0. The molecule has 1 amide bonds. The van der Waals surface area contributed by atoms with Gasteiger partial charge in [-0.15, -0.1) is 11.3 Å². The molecular formula is C24H23NO7S. The van der Waals surface area contributed by atoms with Crippen LogP contribution in [0.1, 0.15) is 39.3 Å². The summed E-state index contributed by atoms with van der Waals surface area (Å²) in [5, 5.41) is 4.96. The summed E-state index contributed by atoms with van der Waals surface area (Å²) in [5.74, 6) is 1.22. The quantitative estimate of drug-likeness (QED) is 0.501. The van der Waals surface area contributed by atoms with Gasteiger partial charge in [-0.2, -0.15) is 0 Å². The zero-order chi connectivity index (χ0) is 23.4. The monoisotopic (exact) mass is 469 g/mol. The molecule has 1 aliphatic heterocycles. The lowest BCUT2D eigenvalue weighted by molar-refractivity contribution is 0.0513. The van der Waals surface area contributed by atoms with Crippen molar-refractivity contribution in [3.63, 3.8) is 0 Å². The SMILES string of the molecule is CCOC(=O)c1c(C2COc3ccccc3O2)csc1NC(=O)c1ccc(OC)c(OC)c1. The van der Waals surface area contributed by atoms with Crippen LogP contribution in [-0.2, 0) is 4.74 Å². The number of hydrogen-bond donors (Lipinski definition) is 1. The van der Waals surface area contributed by atoms with Crippen molar-refractivity contribution in [3.8, 4) is 23.0 Å². The van der Waals surface area contributed by atoms with E-state index in [1.165, 1.54) is 25.6 Å². The van der Waals surface area contributed by atoms with E-state index in [1.54, 1.807) is 36.6 Å². The summed E-state index contributed by atoms with van der Waals surface area (Å²) in [7, 11) is 3.01. The van der Waals surface area contributed by atoms with E-state index in [9.17, 15) is 9.59 Å². The van der Waals surface area contributed by atoms with Crippen molar-refractivity contribution in [1.82, 2.24) is 0 Å². The summed E-state index contributed by atoms with van der Waals surface area (Å²) < 4.78 is 27.6. The maximum atomic E-state index is 13.0. The lowest BCUT2D eigenvalue weighted by Crippen LogP contribution is -2.24. The van der Waals surface area contributed by atoms with E-state index < -0.39 is 18.0 Å². The van der Waals surface area contributed by atoms with Gasteiger partial charge in [0.05, 0.1) is 20.8 Å².